The first-order valence-electron chi connectivity index (χ1n) is 8.39. The molecule has 7 heteroatoms. The molecule has 2 rings (SSSR count). The molecule has 1 amide bonds. The van der Waals surface area contributed by atoms with E-state index < -0.39 is 11.8 Å². The van der Waals surface area contributed by atoms with Gasteiger partial charge < -0.3 is 10.0 Å². The van der Waals surface area contributed by atoms with Gasteiger partial charge in [-0.15, -0.1) is 0 Å². The van der Waals surface area contributed by atoms with Gasteiger partial charge in [-0.1, -0.05) is 6.92 Å². The summed E-state index contributed by atoms with van der Waals surface area (Å²) in [5, 5.41) is 9.65. The number of carbonyl (C=O) groups is 1. The van der Waals surface area contributed by atoms with Crippen molar-refractivity contribution < 1.29 is 23.1 Å². The molecule has 23 heavy (non-hydrogen) atoms. The summed E-state index contributed by atoms with van der Waals surface area (Å²) >= 11 is 0. The highest BCUT2D eigenvalue weighted by molar-refractivity contribution is 5.78. The number of rotatable bonds is 3. The maximum atomic E-state index is 12.8. The third kappa shape index (κ3) is 4.38. The van der Waals surface area contributed by atoms with E-state index in [9.17, 15) is 23.1 Å². The molecule has 134 valence electrons. The zero-order valence-corrected chi connectivity index (χ0v) is 13.9. The minimum Gasteiger partial charge on any atom is -0.380 e. The molecule has 4 nitrogen and oxygen atoms in total. The summed E-state index contributed by atoms with van der Waals surface area (Å²) in [6.07, 6.45) is -1.11. The lowest BCUT2D eigenvalue weighted by molar-refractivity contribution is -0.272. The second kappa shape index (κ2) is 6.97. The van der Waals surface area contributed by atoms with Gasteiger partial charge >= 0.3 is 6.18 Å². The lowest BCUT2D eigenvalue weighted by Crippen LogP contribution is -2.55. The number of hydrogen-bond donors (Lipinski definition) is 1. The third-order valence-electron chi connectivity index (χ3n) is 5.50. The number of aliphatic hydroxyl groups is 1. The van der Waals surface area contributed by atoms with Crippen LogP contribution in [0.2, 0.25) is 0 Å². The maximum absolute atomic E-state index is 12.8. The van der Waals surface area contributed by atoms with Gasteiger partial charge in [-0.3, -0.25) is 9.69 Å². The van der Waals surface area contributed by atoms with Gasteiger partial charge in [0.05, 0.1) is 6.54 Å². The van der Waals surface area contributed by atoms with Crippen molar-refractivity contribution in [1.82, 2.24) is 9.80 Å². The minimum atomic E-state index is -4.60. The minimum absolute atomic E-state index is 0.0398. The number of nitrogens with zero attached hydrogens (tertiary/aromatic N) is 2. The van der Waals surface area contributed by atoms with Gasteiger partial charge in [-0.25, -0.2) is 0 Å². The van der Waals surface area contributed by atoms with Crippen LogP contribution in [0.1, 0.15) is 45.4 Å². The monoisotopic (exact) mass is 336 g/mol. The Bertz CT molecular complexity index is 412. The smallest absolute Gasteiger partial charge is 0.380 e. The number of hydrogen-bond acceptors (Lipinski definition) is 3. The molecule has 1 N–H and O–H groups in total. The summed E-state index contributed by atoms with van der Waals surface area (Å²) in [6, 6.07) is 0.246. The molecule has 1 heterocycles. The average molecular weight is 336 g/mol. The van der Waals surface area contributed by atoms with Gasteiger partial charge in [0, 0.05) is 26.2 Å². The number of amides is 1. The lowest BCUT2D eigenvalue weighted by Gasteiger charge is -2.40. The zero-order chi connectivity index (χ0) is 17.3. The Hall–Kier alpha value is -0.820. The van der Waals surface area contributed by atoms with Crippen molar-refractivity contribution >= 4 is 5.91 Å². The second-order valence-electron chi connectivity index (χ2n) is 7.22. The molecule has 0 atom stereocenters. The van der Waals surface area contributed by atoms with E-state index in [4.69, 9.17) is 0 Å². The molecule has 1 saturated carbocycles. The molecule has 2 fully saturated rings. The summed E-state index contributed by atoms with van der Waals surface area (Å²) in [4.78, 5) is 15.8. The van der Waals surface area contributed by atoms with E-state index in [0.29, 0.717) is 5.92 Å². The van der Waals surface area contributed by atoms with Gasteiger partial charge in [-0.05, 0) is 44.4 Å². The van der Waals surface area contributed by atoms with Crippen LogP contribution in [-0.2, 0) is 4.79 Å². The highest BCUT2D eigenvalue weighted by Gasteiger charge is 2.54. The van der Waals surface area contributed by atoms with E-state index in [1.165, 1.54) is 0 Å². The van der Waals surface area contributed by atoms with Gasteiger partial charge in [-0.2, -0.15) is 13.2 Å². The molecule has 0 aromatic rings. The Balaban J connectivity index is 1.80. The molecule has 0 radical (unpaired) electrons. The first-order chi connectivity index (χ1) is 10.6. The lowest BCUT2D eigenvalue weighted by atomic mass is 9.86. The second-order valence-corrected chi connectivity index (χ2v) is 7.22. The predicted octanol–water partition coefficient (Wildman–Crippen LogP) is 2.41. The number of alkyl halides is 3. The van der Waals surface area contributed by atoms with Gasteiger partial charge in [0.2, 0.25) is 5.91 Å². The van der Waals surface area contributed by atoms with Crippen molar-refractivity contribution in [2.24, 2.45) is 5.92 Å². The molecule has 0 bridgehead atoms. The zero-order valence-electron chi connectivity index (χ0n) is 13.9. The summed E-state index contributed by atoms with van der Waals surface area (Å²) in [5.41, 5.74) is -2.60. The number of likely N-dealkylation sites (tertiary alicyclic amines) is 1. The van der Waals surface area contributed by atoms with Crippen LogP contribution < -0.4 is 0 Å². The van der Waals surface area contributed by atoms with Crippen LogP contribution in [0.15, 0.2) is 0 Å². The summed E-state index contributed by atoms with van der Waals surface area (Å²) in [5.74, 6) is 0.666. The summed E-state index contributed by atoms with van der Waals surface area (Å²) in [6.45, 7) is 2.54. The van der Waals surface area contributed by atoms with Crippen molar-refractivity contribution in [2.45, 2.75) is 63.3 Å². The fourth-order valence-corrected chi connectivity index (χ4v) is 3.50. The SMILES string of the molecule is CC1CCC(N(C)C(=O)CN2CCC(O)(C(F)(F)F)CC2)CC1. The van der Waals surface area contributed by atoms with Crippen LogP contribution in [-0.4, -0.2) is 65.3 Å². The van der Waals surface area contributed by atoms with Crippen LogP contribution in [0.25, 0.3) is 0 Å². The Morgan fingerprint density at radius 1 is 1.22 bits per heavy atom. The standard InChI is InChI=1S/C16H27F3N2O2/c1-12-3-5-13(6-4-12)20(2)14(22)11-21-9-7-15(23,8-10-21)16(17,18)19/h12-13,23H,3-11H2,1-2H3. The summed E-state index contributed by atoms with van der Waals surface area (Å²) < 4.78 is 38.3. The summed E-state index contributed by atoms with van der Waals surface area (Å²) in [7, 11) is 1.79. The molecule has 0 spiro atoms. The molecular formula is C16H27F3N2O2. The van der Waals surface area contributed by atoms with Crippen molar-refractivity contribution in [3.63, 3.8) is 0 Å². The van der Waals surface area contributed by atoms with Crippen molar-refractivity contribution in [3.8, 4) is 0 Å². The molecule has 1 saturated heterocycles. The fourth-order valence-electron chi connectivity index (χ4n) is 3.50. The third-order valence-corrected chi connectivity index (χ3v) is 5.50. The van der Waals surface area contributed by atoms with E-state index >= 15 is 0 Å². The topological polar surface area (TPSA) is 43.8 Å². The number of halogens is 3. The number of piperidine rings is 1. The van der Waals surface area contributed by atoms with Gasteiger partial charge in [0.25, 0.3) is 0 Å². The highest BCUT2D eigenvalue weighted by Crippen LogP contribution is 2.38. The molecule has 0 unspecified atom stereocenters. The van der Waals surface area contributed by atoms with E-state index in [2.05, 4.69) is 6.92 Å². The van der Waals surface area contributed by atoms with Crippen LogP contribution in [0.5, 0.6) is 0 Å². The molecule has 1 aliphatic heterocycles. The van der Waals surface area contributed by atoms with Gasteiger partial charge in [0.1, 0.15) is 0 Å². The fraction of sp³-hybridized carbons (Fsp3) is 0.938. The van der Waals surface area contributed by atoms with E-state index in [0.717, 1.165) is 25.7 Å². The molecule has 2 aliphatic rings. The van der Waals surface area contributed by atoms with E-state index in [1.54, 1.807) is 16.8 Å². The van der Waals surface area contributed by atoms with Crippen LogP contribution >= 0.6 is 0 Å². The Kier molecular flexibility index (Phi) is 5.61. The number of carbonyl (C=O) groups excluding carboxylic acids is 1. The first kappa shape index (κ1) is 18.5. The first-order valence-corrected chi connectivity index (χ1v) is 8.39. The Morgan fingerprint density at radius 2 is 1.74 bits per heavy atom. The quantitative estimate of drug-likeness (QED) is 0.861. The predicted molar refractivity (Wildman–Crippen MR) is 80.9 cm³/mol. The van der Waals surface area contributed by atoms with Crippen molar-refractivity contribution in [2.75, 3.05) is 26.7 Å². The molecular weight excluding hydrogens is 309 g/mol. The van der Waals surface area contributed by atoms with Crippen molar-refractivity contribution in [3.05, 3.63) is 0 Å². The highest BCUT2D eigenvalue weighted by atomic mass is 19.4. The van der Waals surface area contributed by atoms with Crippen LogP contribution in [0, 0.1) is 5.92 Å². The molecule has 1 aliphatic carbocycles. The van der Waals surface area contributed by atoms with E-state index in [1.807, 2.05) is 0 Å². The molecule has 0 aromatic carbocycles. The Morgan fingerprint density at radius 3 is 2.22 bits per heavy atom. The molecule has 0 aromatic heterocycles. The van der Waals surface area contributed by atoms with E-state index in [-0.39, 0.29) is 44.4 Å². The van der Waals surface area contributed by atoms with Gasteiger partial charge in [0.15, 0.2) is 5.60 Å². The van der Waals surface area contributed by atoms with Crippen molar-refractivity contribution in [1.29, 1.82) is 0 Å². The average Bonchev–Trinajstić information content (AvgIpc) is 2.48. The van der Waals surface area contributed by atoms with Crippen LogP contribution in [0.4, 0.5) is 13.2 Å². The maximum Gasteiger partial charge on any atom is 0.417 e. The normalized spacial score (nSPS) is 29.3. The Labute approximate surface area is 135 Å². The largest absolute Gasteiger partial charge is 0.417 e. The number of likely N-dealkylation sites (N-methyl/N-ethyl adjacent to an activating group) is 1. The van der Waals surface area contributed by atoms with Crippen LogP contribution in [0.3, 0.4) is 0 Å².